The monoisotopic (exact) mass is 281 g/mol. The summed E-state index contributed by atoms with van der Waals surface area (Å²) in [6.07, 6.45) is 4.50. The third-order valence-corrected chi connectivity index (χ3v) is 3.91. The van der Waals surface area contributed by atoms with Gasteiger partial charge in [-0.3, -0.25) is 4.98 Å². The van der Waals surface area contributed by atoms with Gasteiger partial charge >= 0.3 is 7.12 Å². The lowest BCUT2D eigenvalue weighted by molar-refractivity contribution is 0.00578. The minimum atomic E-state index is -0.464. The van der Waals surface area contributed by atoms with Crippen molar-refractivity contribution in [3.8, 4) is 5.75 Å². The average Bonchev–Trinajstić information content (AvgIpc) is 2.46. The smallest absolute Gasteiger partial charge is 0.487 e. The normalized spacial score (nSPS) is 21.2. The van der Waals surface area contributed by atoms with Crippen LogP contribution in [0.3, 0.4) is 0 Å². The average molecular weight is 282 g/mol. The zero-order valence-electron chi connectivity index (χ0n) is 11.5. The fourth-order valence-electron chi connectivity index (χ4n) is 1.74. The van der Waals surface area contributed by atoms with Crippen molar-refractivity contribution in [2.45, 2.75) is 38.9 Å². The molecular formula is C13H17BClNO3. The van der Waals surface area contributed by atoms with Crippen molar-refractivity contribution in [1.82, 2.24) is 4.98 Å². The molecule has 4 nitrogen and oxygen atoms in total. The van der Waals surface area contributed by atoms with E-state index in [1.165, 1.54) is 12.4 Å². The largest absolute Gasteiger partial charge is 0.506 e. The zero-order chi connectivity index (χ0) is 14.3. The number of rotatable bonds is 2. The molecular weight excluding hydrogens is 264 g/mol. The molecule has 0 bridgehead atoms. The van der Waals surface area contributed by atoms with Crippen molar-refractivity contribution in [2.75, 3.05) is 0 Å². The fraction of sp³-hybridized carbons (Fsp3) is 0.462. The molecule has 6 heteroatoms. The molecule has 0 saturated carbocycles. The molecule has 0 spiro atoms. The van der Waals surface area contributed by atoms with Gasteiger partial charge in [0, 0.05) is 11.8 Å². The van der Waals surface area contributed by atoms with Gasteiger partial charge in [-0.1, -0.05) is 23.7 Å². The van der Waals surface area contributed by atoms with Gasteiger partial charge in [-0.25, -0.2) is 0 Å². The van der Waals surface area contributed by atoms with Crippen molar-refractivity contribution in [1.29, 1.82) is 0 Å². The van der Waals surface area contributed by atoms with Crippen LogP contribution in [-0.2, 0) is 9.31 Å². The number of nitrogens with zero attached hydrogens (tertiary/aromatic N) is 1. The summed E-state index contributed by atoms with van der Waals surface area (Å²) in [6.45, 7) is 7.94. The molecule has 102 valence electrons. The van der Waals surface area contributed by atoms with E-state index in [2.05, 4.69) is 4.98 Å². The summed E-state index contributed by atoms with van der Waals surface area (Å²) in [4.78, 5) is 3.79. The standard InChI is InChI=1S/C13H17BClNO3/c1-12(2)13(3,4)19-14(18-12)6-5-9-10(15)7-16-8-11(9)17/h5-8,17H,1-4H3/b6-5+. The van der Waals surface area contributed by atoms with Crippen LogP contribution in [0.15, 0.2) is 18.4 Å². The van der Waals surface area contributed by atoms with Crippen LogP contribution in [0.25, 0.3) is 6.08 Å². The molecule has 0 unspecified atom stereocenters. The second kappa shape index (κ2) is 4.82. The van der Waals surface area contributed by atoms with E-state index < -0.39 is 7.12 Å². The summed E-state index contributed by atoms with van der Waals surface area (Å²) in [5, 5.41) is 10.1. The van der Waals surface area contributed by atoms with Gasteiger partial charge in [-0.15, -0.1) is 0 Å². The van der Waals surface area contributed by atoms with Gasteiger partial charge in [0.25, 0.3) is 0 Å². The van der Waals surface area contributed by atoms with Crippen LogP contribution in [0, 0.1) is 0 Å². The number of halogens is 1. The molecule has 2 heterocycles. The minimum absolute atomic E-state index is 0.0280. The number of aromatic nitrogens is 1. The van der Waals surface area contributed by atoms with Gasteiger partial charge in [0.1, 0.15) is 5.75 Å². The molecule has 1 saturated heterocycles. The molecule has 0 aromatic carbocycles. The van der Waals surface area contributed by atoms with E-state index in [0.29, 0.717) is 10.6 Å². The lowest BCUT2D eigenvalue weighted by atomic mass is 9.89. The molecule has 1 aliphatic rings. The van der Waals surface area contributed by atoms with E-state index in [1.807, 2.05) is 27.7 Å². The first-order chi connectivity index (χ1) is 8.73. The molecule has 0 radical (unpaired) electrons. The van der Waals surface area contributed by atoms with Gasteiger partial charge in [-0.2, -0.15) is 0 Å². The Kier molecular flexibility index (Phi) is 3.64. The molecule has 1 aliphatic heterocycles. The first-order valence-corrected chi connectivity index (χ1v) is 6.47. The molecule has 1 aromatic heterocycles. The highest BCUT2D eigenvalue weighted by molar-refractivity contribution is 6.52. The van der Waals surface area contributed by atoms with E-state index in [-0.39, 0.29) is 17.0 Å². The Morgan fingerprint density at radius 1 is 1.21 bits per heavy atom. The van der Waals surface area contributed by atoms with Gasteiger partial charge < -0.3 is 14.4 Å². The number of hydrogen-bond donors (Lipinski definition) is 1. The maximum absolute atomic E-state index is 9.69. The van der Waals surface area contributed by atoms with E-state index >= 15 is 0 Å². The highest BCUT2D eigenvalue weighted by Gasteiger charge is 2.50. The summed E-state index contributed by atoms with van der Waals surface area (Å²) < 4.78 is 11.6. The summed E-state index contributed by atoms with van der Waals surface area (Å²) >= 11 is 5.97. The Morgan fingerprint density at radius 2 is 1.79 bits per heavy atom. The minimum Gasteiger partial charge on any atom is -0.506 e. The van der Waals surface area contributed by atoms with Crippen LogP contribution in [0.1, 0.15) is 33.3 Å². The van der Waals surface area contributed by atoms with Gasteiger partial charge in [-0.05, 0) is 27.7 Å². The van der Waals surface area contributed by atoms with Crippen LogP contribution in [-0.4, -0.2) is 28.4 Å². The van der Waals surface area contributed by atoms with Gasteiger partial charge in [0.15, 0.2) is 0 Å². The van der Waals surface area contributed by atoms with Crippen LogP contribution < -0.4 is 0 Å². The third kappa shape index (κ3) is 2.78. The maximum atomic E-state index is 9.69. The number of aromatic hydroxyl groups is 1. The molecule has 1 aromatic rings. The summed E-state index contributed by atoms with van der Waals surface area (Å²) in [7, 11) is -0.464. The maximum Gasteiger partial charge on any atom is 0.487 e. The molecule has 1 N–H and O–H groups in total. The highest BCUT2D eigenvalue weighted by Crippen LogP contribution is 2.37. The predicted molar refractivity (Wildman–Crippen MR) is 76.0 cm³/mol. The van der Waals surface area contributed by atoms with Crippen LogP contribution in [0.2, 0.25) is 5.02 Å². The Balaban J connectivity index is 2.18. The highest BCUT2D eigenvalue weighted by atomic mass is 35.5. The molecule has 0 aliphatic carbocycles. The lowest BCUT2D eigenvalue weighted by Crippen LogP contribution is -2.41. The number of hydrogen-bond acceptors (Lipinski definition) is 4. The Morgan fingerprint density at radius 3 is 2.32 bits per heavy atom. The Hall–Kier alpha value is -1.04. The SMILES string of the molecule is CC1(C)OB(/C=C/c2c(O)cncc2Cl)OC1(C)C. The van der Waals surface area contributed by atoms with Crippen molar-refractivity contribution in [3.05, 3.63) is 29.0 Å². The summed E-state index contributed by atoms with van der Waals surface area (Å²) in [5.74, 6) is 1.76. The van der Waals surface area contributed by atoms with Crippen LogP contribution in [0.5, 0.6) is 5.75 Å². The third-order valence-electron chi connectivity index (χ3n) is 3.61. The second-order valence-corrected chi connectivity index (χ2v) is 5.95. The molecule has 19 heavy (non-hydrogen) atoms. The summed E-state index contributed by atoms with van der Waals surface area (Å²) in [6, 6.07) is 0. The topological polar surface area (TPSA) is 51.6 Å². The molecule has 2 rings (SSSR count). The molecule has 0 amide bonds. The Labute approximate surface area is 118 Å². The Bertz CT molecular complexity index is 480. The van der Waals surface area contributed by atoms with Crippen LogP contribution >= 0.6 is 11.6 Å². The fourth-order valence-corrected chi connectivity index (χ4v) is 1.96. The summed E-state index contributed by atoms with van der Waals surface area (Å²) in [5.41, 5.74) is -0.260. The second-order valence-electron chi connectivity index (χ2n) is 5.54. The van der Waals surface area contributed by atoms with Gasteiger partial charge in [0.05, 0.1) is 22.4 Å². The van der Waals surface area contributed by atoms with E-state index in [0.717, 1.165) is 0 Å². The lowest BCUT2D eigenvalue weighted by Gasteiger charge is -2.32. The number of pyridine rings is 1. The predicted octanol–water partition coefficient (Wildman–Crippen LogP) is 3.09. The first kappa shape index (κ1) is 14.4. The quantitative estimate of drug-likeness (QED) is 0.846. The first-order valence-electron chi connectivity index (χ1n) is 6.09. The van der Waals surface area contributed by atoms with Gasteiger partial charge in [0.2, 0.25) is 0 Å². The van der Waals surface area contributed by atoms with Crippen molar-refractivity contribution >= 4 is 24.8 Å². The van der Waals surface area contributed by atoms with E-state index in [9.17, 15) is 5.11 Å². The van der Waals surface area contributed by atoms with E-state index in [1.54, 1.807) is 12.1 Å². The molecule has 1 fully saturated rings. The molecule has 0 atom stereocenters. The zero-order valence-corrected chi connectivity index (χ0v) is 12.2. The van der Waals surface area contributed by atoms with Crippen molar-refractivity contribution in [3.63, 3.8) is 0 Å². The van der Waals surface area contributed by atoms with E-state index in [4.69, 9.17) is 20.9 Å². The van der Waals surface area contributed by atoms with Crippen molar-refractivity contribution < 1.29 is 14.4 Å². The van der Waals surface area contributed by atoms with Crippen LogP contribution in [0.4, 0.5) is 0 Å². The van der Waals surface area contributed by atoms with Crippen molar-refractivity contribution in [2.24, 2.45) is 0 Å².